The molecule has 3 rings (SSSR count). The molecule has 18 heavy (non-hydrogen) atoms. The predicted octanol–water partition coefficient (Wildman–Crippen LogP) is 4.36. The SMILES string of the molecule is CC.CN1CCC2(CC1)SNc1ccc(Cl)cc12. The van der Waals surface area contributed by atoms with Crippen molar-refractivity contribution in [2.75, 3.05) is 24.9 Å². The first-order valence-corrected chi connectivity index (χ1v) is 7.82. The Morgan fingerprint density at radius 2 is 1.94 bits per heavy atom. The summed E-state index contributed by atoms with van der Waals surface area (Å²) in [5, 5.41) is 0.848. The van der Waals surface area contributed by atoms with E-state index in [4.69, 9.17) is 11.6 Å². The van der Waals surface area contributed by atoms with Crippen LogP contribution in [-0.4, -0.2) is 25.0 Å². The molecule has 0 radical (unpaired) electrons. The molecule has 4 heteroatoms. The van der Waals surface area contributed by atoms with Crippen LogP contribution in [0.4, 0.5) is 5.69 Å². The van der Waals surface area contributed by atoms with Crippen molar-refractivity contribution < 1.29 is 0 Å². The first-order chi connectivity index (χ1) is 8.70. The maximum atomic E-state index is 6.11. The average Bonchev–Trinajstić information content (AvgIpc) is 2.75. The highest BCUT2D eigenvalue weighted by Crippen LogP contribution is 2.53. The molecule has 1 fully saturated rings. The number of nitrogens with one attached hydrogen (secondary N) is 1. The highest BCUT2D eigenvalue weighted by molar-refractivity contribution is 8.01. The van der Waals surface area contributed by atoms with Crippen LogP contribution in [-0.2, 0) is 4.75 Å². The Morgan fingerprint density at radius 3 is 2.61 bits per heavy atom. The van der Waals surface area contributed by atoms with Crippen LogP contribution in [0.5, 0.6) is 0 Å². The molecule has 0 amide bonds. The van der Waals surface area contributed by atoms with E-state index in [2.05, 4.69) is 28.8 Å². The molecular formula is C14H21ClN2S. The Balaban J connectivity index is 0.000000574. The summed E-state index contributed by atoms with van der Waals surface area (Å²) < 4.78 is 3.70. The zero-order chi connectivity index (χ0) is 13.2. The minimum absolute atomic E-state index is 0.257. The fourth-order valence-electron chi connectivity index (χ4n) is 2.54. The summed E-state index contributed by atoms with van der Waals surface area (Å²) in [4.78, 5) is 2.40. The summed E-state index contributed by atoms with van der Waals surface area (Å²) in [6.07, 6.45) is 2.41. The highest BCUT2D eigenvalue weighted by Gasteiger charge is 2.42. The second-order valence-electron chi connectivity index (χ2n) is 4.69. The van der Waals surface area contributed by atoms with E-state index in [1.807, 2.05) is 31.9 Å². The van der Waals surface area contributed by atoms with Gasteiger partial charge in [-0.15, -0.1) is 0 Å². The van der Waals surface area contributed by atoms with Crippen LogP contribution < -0.4 is 4.72 Å². The van der Waals surface area contributed by atoms with E-state index in [1.165, 1.54) is 37.2 Å². The van der Waals surface area contributed by atoms with Gasteiger partial charge in [0.05, 0.1) is 4.75 Å². The van der Waals surface area contributed by atoms with Gasteiger partial charge < -0.3 is 9.62 Å². The lowest BCUT2D eigenvalue weighted by atomic mass is 9.87. The van der Waals surface area contributed by atoms with Crippen LogP contribution >= 0.6 is 23.5 Å². The monoisotopic (exact) mass is 284 g/mol. The lowest BCUT2D eigenvalue weighted by Crippen LogP contribution is -2.37. The molecule has 1 aromatic carbocycles. The van der Waals surface area contributed by atoms with E-state index in [0.29, 0.717) is 0 Å². The van der Waals surface area contributed by atoms with Crippen molar-refractivity contribution in [2.45, 2.75) is 31.4 Å². The second-order valence-corrected chi connectivity index (χ2v) is 6.32. The number of anilines is 1. The summed E-state index contributed by atoms with van der Waals surface area (Å²) in [7, 11) is 2.19. The van der Waals surface area contributed by atoms with Crippen LogP contribution in [0.3, 0.4) is 0 Å². The number of likely N-dealkylation sites (tertiary alicyclic amines) is 1. The van der Waals surface area contributed by atoms with Gasteiger partial charge in [0, 0.05) is 10.7 Å². The van der Waals surface area contributed by atoms with Crippen LogP contribution in [0.2, 0.25) is 5.02 Å². The summed E-state index contributed by atoms with van der Waals surface area (Å²) in [5.41, 5.74) is 2.65. The third-order valence-corrected chi connectivity index (χ3v) is 5.20. The van der Waals surface area contributed by atoms with E-state index in [1.54, 1.807) is 0 Å². The van der Waals surface area contributed by atoms with E-state index in [9.17, 15) is 0 Å². The number of piperidine rings is 1. The van der Waals surface area contributed by atoms with Crippen LogP contribution in [0.1, 0.15) is 32.3 Å². The normalized spacial score (nSPS) is 20.9. The van der Waals surface area contributed by atoms with E-state index < -0.39 is 0 Å². The van der Waals surface area contributed by atoms with E-state index in [-0.39, 0.29) is 4.75 Å². The Morgan fingerprint density at radius 1 is 1.28 bits per heavy atom. The van der Waals surface area contributed by atoms with Crippen molar-refractivity contribution in [3.63, 3.8) is 0 Å². The van der Waals surface area contributed by atoms with Crippen molar-refractivity contribution in [2.24, 2.45) is 0 Å². The fourth-order valence-corrected chi connectivity index (χ4v) is 3.86. The molecule has 1 N–H and O–H groups in total. The number of hydrogen-bond acceptors (Lipinski definition) is 3. The number of halogens is 1. The number of benzene rings is 1. The second kappa shape index (κ2) is 5.72. The predicted molar refractivity (Wildman–Crippen MR) is 82.4 cm³/mol. The van der Waals surface area contributed by atoms with Gasteiger partial charge in [0.25, 0.3) is 0 Å². The molecule has 1 aromatic rings. The van der Waals surface area contributed by atoms with Crippen molar-refractivity contribution in [3.8, 4) is 0 Å². The van der Waals surface area contributed by atoms with Gasteiger partial charge >= 0.3 is 0 Å². The van der Waals surface area contributed by atoms with Gasteiger partial charge in [-0.2, -0.15) is 0 Å². The van der Waals surface area contributed by atoms with Gasteiger partial charge in [0.15, 0.2) is 0 Å². The van der Waals surface area contributed by atoms with Crippen molar-refractivity contribution in [1.29, 1.82) is 0 Å². The Bertz CT molecular complexity index is 414. The van der Waals surface area contributed by atoms with Crippen molar-refractivity contribution >= 4 is 29.2 Å². The molecule has 1 spiro atoms. The first-order valence-electron chi connectivity index (χ1n) is 6.62. The zero-order valence-corrected chi connectivity index (χ0v) is 12.9. The van der Waals surface area contributed by atoms with Crippen LogP contribution in [0.15, 0.2) is 18.2 Å². The molecule has 2 aliphatic rings. The number of nitrogens with zero attached hydrogens (tertiary/aromatic N) is 1. The van der Waals surface area contributed by atoms with Crippen molar-refractivity contribution in [1.82, 2.24) is 4.90 Å². The standard InChI is InChI=1S/C12H15ClN2S.C2H6/c1-15-6-4-12(5-7-15)10-8-9(13)2-3-11(10)14-16-12;1-2/h2-3,8,14H,4-7H2,1H3;1-2H3. The topological polar surface area (TPSA) is 15.3 Å². The minimum atomic E-state index is 0.257. The molecular weight excluding hydrogens is 264 g/mol. The van der Waals surface area contributed by atoms with Gasteiger partial charge in [-0.1, -0.05) is 25.4 Å². The van der Waals surface area contributed by atoms with Gasteiger partial charge in [0.1, 0.15) is 0 Å². The first kappa shape index (κ1) is 14.0. The summed E-state index contributed by atoms with van der Waals surface area (Å²) in [5.74, 6) is 0. The van der Waals surface area contributed by atoms with E-state index >= 15 is 0 Å². The molecule has 0 bridgehead atoms. The molecule has 0 saturated carbocycles. The van der Waals surface area contributed by atoms with Gasteiger partial charge in [-0.05, 0) is 68.7 Å². The van der Waals surface area contributed by atoms with Gasteiger partial charge in [-0.25, -0.2) is 0 Å². The van der Waals surface area contributed by atoms with Crippen LogP contribution in [0.25, 0.3) is 0 Å². The third kappa shape index (κ3) is 2.49. The van der Waals surface area contributed by atoms with E-state index in [0.717, 1.165) is 5.02 Å². The number of rotatable bonds is 0. The lowest BCUT2D eigenvalue weighted by Gasteiger charge is -2.36. The quantitative estimate of drug-likeness (QED) is 0.713. The Kier molecular flexibility index (Phi) is 4.46. The fraction of sp³-hybridized carbons (Fsp3) is 0.571. The molecule has 1 saturated heterocycles. The Labute approximate surface area is 119 Å². The van der Waals surface area contributed by atoms with Gasteiger partial charge in [-0.3, -0.25) is 0 Å². The van der Waals surface area contributed by atoms with Crippen LogP contribution in [0, 0.1) is 0 Å². The minimum Gasteiger partial charge on any atom is -0.329 e. The number of fused-ring (bicyclic) bond motifs is 2. The molecule has 2 heterocycles. The van der Waals surface area contributed by atoms with Crippen molar-refractivity contribution in [3.05, 3.63) is 28.8 Å². The molecule has 2 aliphatic heterocycles. The molecule has 0 aromatic heterocycles. The largest absolute Gasteiger partial charge is 0.329 e. The highest BCUT2D eigenvalue weighted by atomic mass is 35.5. The molecule has 0 atom stereocenters. The molecule has 2 nitrogen and oxygen atoms in total. The summed E-state index contributed by atoms with van der Waals surface area (Å²) in [6, 6.07) is 6.19. The summed E-state index contributed by atoms with van der Waals surface area (Å²) in [6.45, 7) is 6.33. The molecule has 0 aliphatic carbocycles. The smallest absolute Gasteiger partial charge is 0.0651 e. The third-order valence-electron chi connectivity index (χ3n) is 3.62. The maximum Gasteiger partial charge on any atom is 0.0651 e. The lowest BCUT2D eigenvalue weighted by molar-refractivity contribution is 0.241. The Hall–Kier alpha value is -0.380. The maximum absolute atomic E-state index is 6.11. The van der Waals surface area contributed by atoms with Gasteiger partial charge in [0.2, 0.25) is 0 Å². The molecule has 0 unspecified atom stereocenters. The molecule has 100 valence electrons. The number of hydrogen-bond donors (Lipinski definition) is 1. The zero-order valence-electron chi connectivity index (χ0n) is 11.3. The average molecular weight is 285 g/mol. The summed E-state index contributed by atoms with van der Waals surface area (Å²) >= 11 is 7.98.